The fourth-order valence-electron chi connectivity index (χ4n) is 7.29. The first-order valence-corrected chi connectivity index (χ1v) is 19.2. The van der Waals surface area contributed by atoms with Crippen molar-refractivity contribution in [1.82, 2.24) is 0 Å². The molecule has 0 spiro atoms. The van der Waals surface area contributed by atoms with Gasteiger partial charge in [-0.1, -0.05) is 0 Å². The SMILES string of the molecule is CC1=C2C(C)=[C](C1)[Zr]([c]1ccccc1)([c]1ccccc1)[C]1=C(C)C(=C(C)C1)[Si]2(C)C. The number of hydrogen-bond donors (Lipinski definition) is 0. The van der Waals surface area contributed by atoms with Gasteiger partial charge < -0.3 is 0 Å². The van der Waals surface area contributed by atoms with Crippen molar-refractivity contribution >= 4 is 14.6 Å². The Morgan fingerprint density at radius 2 is 0.967 bits per heavy atom. The molecular formula is C28H32SiZr. The van der Waals surface area contributed by atoms with Gasteiger partial charge in [-0.25, -0.2) is 0 Å². The van der Waals surface area contributed by atoms with E-state index in [1.807, 2.05) is 6.56 Å². The van der Waals surface area contributed by atoms with Crippen LogP contribution in [-0.4, -0.2) is 8.07 Å². The first-order chi connectivity index (χ1) is 14.3. The minimum atomic E-state index is -3.34. The summed E-state index contributed by atoms with van der Waals surface area (Å²) in [6.07, 6.45) is 2.39. The van der Waals surface area contributed by atoms with Crippen LogP contribution in [0.3, 0.4) is 0 Å². The van der Waals surface area contributed by atoms with Gasteiger partial charge in [-0.2, -0.15) is 0 Å². The predicted octanol–water partition coefficient (Wildman–Crippen LogP) is 6.58. The Labute approximate surface area is 187 Å². The molecule has 0 unspecified atom stereocenters. The Kier molecular flexibility index (Phi) is 4.77. The van der Waals surface area contributed by atoms with Crippen molar-refractivity contribution in [3.05, 3.63) is 99.9 Å². The molecule has 0 atom stereocenters. The van der Waals surface area contributed by atoms with Gasteiger partial charge in [-0.05, 0) is 0 Å². The quantitative estimate of drug-likeness (QED) is 0.420. The third-order valence-corrected chi connectivity index (χ3v) is 25.1. The van der Waals surface area contributed by atoms with Crippen LogP contribution in [0, 0.1) is 0 Å². The summed E-state index contributed by atoms with van der Waals surface area (Å²) in [5.41, 5.74) is 6.66. The number of fused-ring (bicyclic) bond motifs is 2. The molecule has 3 aliphatic rings. The molecule has 1 aliphatic heterocycles. The first-order valence-electron chi connectivity index (χ1n) is 11.2. The van der Waals surface area contributed by atoms with Crippen LogP contribution in [0.2, 0.25) is 13.1 Å². The summed E-state index contributed by atoms with van der Waals surface area (Å²) < 4.78 is 6.92. The normalized spacial score (nSPS) is 22.1. The standard InChI is InChI=1S/C16H22Si.2C6H5.Zr/c1-11-7-8-12(2)15(11)17(5,6)16-13(3)9-10-14(16)4;2*1-2-4-6-5-3-1;/h7,9H2,1-6H3;2*1-5H;. The van der Waals surface area contributed by atoms with Gasteiger partial charge in [0, 0.05) is 0 Å². The molecule has 2 aromatic rings. The van der Waals surface area contributed by atoms with Crippen molar-refractivity contribution in [2.45, 2.75) is 53.6 Å². The maximum absolute atomic E-state index is 3.34. The summed E-state index contributed by atoms with van der Waals surface area (Å²) in [6, 6.07) is 23.3. The van der Waals surface area contributed by atoms with Crippen LogP contribution in [0.15, 0.2) is 99.9 Å². The average Bonchev–Trinajstić information content (AvgIpc) is 3.21. The zero-order valence-electron chi connectivity index (χ0n) is 19.2. The predicted molar refractivity (Wildman–Crippen MR) is 130 cm³/mol. The molecule has 0 nitrogen and oxygen atoms in total. The second kappa shape index (κ2) is 7.01. The van der Waals surface area contributed by atoms with Crippen LogP contribution in [-0.2, 0) is 20.3 Å². The molecule has 152 valence electrons. The van der Waals surface area contributed by atoms with E-state index in [4.69, 9.17) is 0 Å². The zero-order chi connectivity index (χ0) is 21.3. The Hall–Kier alpha value is -1.50. The molecule has 2 aromatic carbocycles. The van der Waals surface area contributed by atoms with Gasteiger partial charge in [-0.3, -0.25) is 0 Å². The first kappa shape index (κ1) is 20.4. The number of hydrogen-bond acceptors (Lipinski definition) is 0. The van der Waals surface area contributed by atoms with Crippen molar-refractivity contribution in [3.63, 3.8) is 0 Å². The topological polar surface area (TPSA) is 0 Å². The summed E-state index contributed by atoms with van der Waals surface area (Å²) in [4.78, 5) is 0. The van der Waals surface area contributed by atoms with Gasteiger partial charge >= 0.3 is 188 Å². The van der Waals surface area contributed by atoms with E-state index in [0.29, 0.717) is 0 Å². The fourth-order valence-corrected chi connectivity index (χ4v) is 27.2. The number of allylic oxidation sites excluding steroid dienone is 8. The van der Waals surface area contributed by atoms with Crippen molar-refractivity contribution in [1.29, 1.82) is 0 Å². The molecule has 0 N–H and O–H groups in total. The number of benzene rings is 2. The molecule has 2 heteroatoms. The Morgan fingerprint density at radius 3 is 1.33 bits per heavy atom. The van der Waals surface area contributed by atoms with Crippen LogP contribution >= 0.6 is 0 Å². The molecule has 5 rings (SSSR count). The van der Waals surface area contributed by atoms with E-state index >= 15 is 0 Å². The molecule has 0 fully saturated rings. The summed E-state index contributed by atoms with van der Waals surface area (Å²) in [5.74, 6) is 0. The maximum atomic E-state index is 2.61. The monoisotopic (exact) mass is 486 g/mol. The minimum absolute atomic E-state index is 1.20. The molecule has 4 bridgehead atoms. The van der Waals surface area contributed by atoms with E-state index in [2.05, 4.69) is 101 Å². The third kappa shape index (κ3) is 2.53. The molecule has 0 radical (unpaired) electrons. The van der Waals surface area contributed by atoms with Crippen LogP contribution in [0.4, 0.5) is 0 Å². The van der Waals surface area contributed by atoms with Crippen molar-refractivity contribution in [2.75, 3.05) is 0 Å². The molecule has 0 aromatic heterocycles. The van der Waals surface area contributed by atoms with Crippen LogP contribution in [0.1, 0.15) is 40.5 Å². The van der Waals surface area contributed by atoms with E-state index in [-0.39, 0.29) is 0 Å². The fraction of sp³-hybridized carbons (Fsp3) is 0.286. The molecule has 0 saturated carbocycles. The van der Waals surface area contributed by atoms with E-state index in [1.54, 1.807) is 39.2 Å². The summed E-state index contributed by atoms with van der Waals surface area (Å²) in [7, 11) is -1.69. The third-order valence-electron chi connectivity index (χ3n) is 7.96. The summed E-state index contributed by atoms with van der Waals surface area (Å²) >= 11 is -3.34. The van der Waals surface area contributed by atoms with Crippen LogP contribution in [0.25, 0.3) is 0 Å². The Bertz CT molecular complexity index is 1080. The van der Waals surface area contributed by atoms with Gasteiger partial charge in [0.1, 0.15) is 0 Å². The molecule has 0 amide bonds. The van der Waals surface area contributed by atoms with Gasteiger partial charge in [0.05, 0.1) is 0 Å². The average molecular weight is 488 g/mol. The molecule has 30 heavy (non-hydrogen) atoms. The Morgan fingerprint density at radius 1 is 0.600 bits per heavy atom. The summed E-state index contributed by atoms with van der Waals surface area (Å²) in [5, 5.41) is 3.53. The molecule has 2 aliphatic carbocycles. The molecular weight excluding hydrogens is 456 g/mol. The van der Waals surface area contributed by atoms with E-state index < -0.39 is 28.3 Å². The van der Waals surface area contributed by atoms with Crippen molar-refractivity contribution in [2.24, 2.45) is 0 Å². The molecule has 0 saturated heterocycles. The van der Waals surface area contributed by atoms with E-state index in [0.717, 1.165) is 0 Å². The van der Waals surface area contributed by atoms with Crippen LogP contribution < -0.4 is 6.54 Å². The second-order valence-corrected chi connectivity index (χ2v) is 23.7. The van der Waals surface area contributed by atoms with E-state index in [1.165, 1.54) is 12.8 Å². The van der Waals surface area contributed by atoms with Gasteiger partial charge in [0.2, 0.25) is 0 Å². The van der Waals surface area contributed by atoms with Gasteiger partial charge in [0.15, 0.2) is 0 Å². The molecule has 1 heterocycles. The second-order valence-electron chi connectivity index (χ2n) is 9.98. The van der Waals surface area contributed by atoms with Gasteiger partial charge in [0.25, 0.3) is 0 Å². The Balaban J connectivity index is 1.98. The summed E-state index contributed by atoms with van der Waals surface area (Å²) in [6.45, 7) is 15.0. The zero-order valence-corrected chi connectivity index (χ0v) is 22.6. The number of rotatable bonds is 2. The van der Waals surface area contributed by atoms with Crippen LogP contribution in [0.5, 0.6) is 0 Å². The van der Waals surface area contributed by atoms with Gasteiger partial charge in [-0.15, -0.1) is 0 Å². The van der Waals surface area contributed by atoms with Crippen molar-refractivity contribution < 1.29 is 20.3 Å². The van der Waals surface area contributed by atoms with Crippen molar-refractivity contribution in [3.8, 4) is 0 Å². The van der Waals surface area contributed by atoms with E-state index in [9.17, 15) is 0 Å².